The molecule has 1 aromatic carbocycles. The molecule has 1 aliphatic heterocycles. The Kier molecular flexibility index (Phi) is 2.45. The molecule has 0 unspecified atom stereocenters. The van der Waals surface area contributed by atoms with Gasteiger partial charge in [-0.15, -0.1) is 0 Å². The van der Waals surface area contributed by atoms with Gasteiger partial charge in [-0.25, -0.2) is 0 Å². The van der Waals surface area contributed by atoms with Crippen LogP contribution in [0.15, 0.2) is 24.3 Å². The van der Waals surface area contributed by atoms with E-state index in [0.29, 0.717) is 10.7 Å². The summed E-state index contributed by atoms with van der Waals surface area (Å²) >= 11 is 5.13. The van der Waals surface area contributed by atoms with Gasteiger partial charge in [0.2, 0.25) is 0 Å². The number of para-hydroxylation sites is 1. The van der Waals surface area contributed by atoms with E-state index in [4.69, 9.17) is 12.2 Å². The lowest BCUT2D eigenvalue weighted by molar-refractivity contribution is 0.112. The third-order valence-corrected chi connectivity index (χ3v) is 2.58. The number of hydrogen-bond acceptors (Lipinski definition) is 2. The highest BCUT2D eigenvalue weighted by atomic mass is 32.1. The van der Waals surface area contributed by atoms with Crippen molar-refractivity contribution in [1.82, 2.24) is 5.32 Å². The molecule has 0 radical (unpaired) electrons. The zero-order valence-corrected chi connectivity index (χ0v) is 8.38. The van der Waals surface area contributed by atoms with Crippen molar-refractivity contribution in [3.63, 3.8) is 0 Å². The molecule has 1 aliphatic rings. The average molecular weight is 206 g/mol. The fourth-order valence-corrected chi connectivity index (χ4v) is 1.83. The Labute approximate surface area is 87.7 Å². The second kappa shape index (κ2) is 3.75. The Morgan fingerprint density at radius 1 is 1.43 bits per heavy atom. The summed E-state index contributed by atoms with van der Waals surface area (Å²) in [5.74, 6) is 0. The normalized spacial score (nSPS) is 15.4. The summed E-state index contributed by atoms with van der Waals surface area (Å²) in [6, 6.07) is 7.45. The van der Waals surface area contributed by atoms with Gasteiger partial charge in [-0.2, -0.15) is 0 Å². The van der Waals surface area contributed by atoms with Gasteiger partial charge < -0.3 is 10.2 Å². The van der Waals surface area contributed by atoms with Gasteiger partial charge in [-0.1, -0.05) is 12.1 Å². The molecule has 1 fully saturated rings. The standard InChI is InChI=1S/C10H10N2OS/c13-7-8-3-1-2-4-9(8)12-6-5-11-10(12)14/h1-4,7H,5-6H2,(H,11,14). The molecule has 3 nitrogen and oxygen atoms in total. The van der Waals surface area contributed by atoms with Crippen LogP contribution in [-0.2, 0) is 0 Å². The van der Waals surface area contributed by atoms with Crippen molar-refractivity contribution in [2.24, 2.45) is 0 Å². The second-order valence-electron chi connectivity index (χ2n) is 3.06. The van der Waals surface area contributed by atoms with Crippen molar-refractivity contribution in [1.29, 1.82) is 0 Å². The van der Waals surface area contributed by atoms with E-state index in [1.807, 2.05) is 23.1 Å². The van der Waals surface area contributed by atoms with Gasteiger partial charge in [-0.3, -0.25) is 4.79 Å². The van der Waals surface area contributed by atoms with Gasteiger partial charge in [0.1, 0.15) is 0 Å². The first-order valence-corrected chi connectivity index (χ1v) is 4.83. The molecule has 1 saturated heterocycles. The van der Waals surface area contributed by atoms with Crippen LogP contribution in [0.25, 0.3) is 0 Å². The molecular formula is C10H10N2OS. The molecule has 72 valence electrons. The number of anilines is 1. The first kappa shape index (κ1) is 9.15. The van der Waals surface area contributed by atoms with Gasteiger partial charge in [0.15, 0.2) is 11.4 Å². The van der Waals surface area contributed by atoms with E-state index in [1.165, 1.54) is 0 Å². The van der Waals surface area contributed by atoms with E-state index >= 15 is 0 Å². The Bertz CT molecular complexity index is 378. The highest BCUT2D eigenvalue weighted by Crippen LogP contribution is 2.20. The van der Waals surface area contributed by atoms with Gasteiger partial charge in [0, 0.05) is 18.7 Å². The number of thiocarbonyl (C=S) groups is 1. The van der Waals surface area contributed by atoms with Crippen LogP contribution in [0, 0.1) is 0 Å². The van der Waals surface area contributed by atoms with Crippen LogP contribution in [0.4, 0.5) is 5.69 Å². The number of nitrogens with zero attached hydrogens (tertiary/aromatic N) is 1. The SMILES string of the molecule is O=Cc1ccccc1N1CCNC1=S. The maximum Gasteiger partial charge on any atom is 0.173 e. The van der Waals surface area contributed by atoms with Crippen LogP contribution >= 0.6 is 12.2 Å². The van der Waals surface area contributed by atoms with Crippen molar-refractivity contribution < 1.29 is 4.79 Å². The molecule has 1 aromatic rings. The largest absolute Gasteiger partial charge is 0.360 e. The third kappa shape index (κ3) is 1.48. The molecule has 0 aliphatic carbocycles. The number of benzene rings is 1. The zero-order chi connectivity index (χ0) is 9.97. The smallest absolute Gasteiger partial charge is 0.173 e. The first-order valence-electron chi connectivity index (χ1n) is 4.42. The van der Waals surface area contributed by atoms with Crippen LogP contribution in [0.3, 0.4) is 0 Å². The molecule has 0 spiro atoms. The number of nitrogens with one attached hydrogen (secondary N) is 1. The maximum absolute atomic E-state index is 10.8. The van der Waals surface area contributed by atoms with Gasteiger partial charge in [-0.05, 0) is 24.4 Å². The lowest BCUT2D eigenvalue weighted by Crippen LogP contribution is -2.28. The van der Waals surface area contributed by atoms with E-state index in [-0.39, 0.29) is 0 Å². The summed E-state index contributed by atoms with van der Waals surface area (Å²) in [5, 5.41) is 3.75. The van der Waals surface area contributed by atoms with E-state index in [9.17, 15) is 4.79 Å². The highest BCUT2D eigenvalue weighted by Gasteiger charge is 2.19. The molecule has 1 heterocycles. The summed E-state index contributed by atoms with van der Waals surface area (Å²) in [4.78, 5) is 12.7. The van der Waals surface area contributed by atoms with Crippen molar-refractivity contribution in [3.8, 4) is 0 Å². The Balaban J connectivity index is 2.39. The van der Waals surface area contributed by atoms with Crippen molar-refractivity contribution in [3.05, 3.63) is 29.8 Å². The molecule has 0 aromatic heterocycles. The van der Waals surface area contributed by atoms with Crippen molar-refractivity contribution in [2.75, 3.05) is 18.0 Å². The number of rotatable bonds is 2. The number of carbonyl (C=O) groups is 1. The Morgan fingerprint density at radius 3 is 2.86 bits per heavy atom. The molecule has 0 bridgehead atoms. The minimum atomic E-state index is 0.679. The molecular weight excluding hydrogens is 196 g/mol. The topological polar surface area (TPSA) is 32.3 Å². The van der Waals surface area contributed by atoms with Crippen LogP contribution in [0.1, 0.15) is 10.4 Å². The summed E-state index contributed by atoms with van der Waals surface area (Å²) in [6.45, 7) is 1.66. The molecule has 1 N–H and O–H groups in total. The monoisotopic (exact) mass is 206 g/mol. The Morgan fingerprint density at radius 2 is 2.21 bits per heavy atom. The fourth-order valence-electron chi connectivity index (χ4n) is 1.53. The van der Waals surface area contributed by atoms with E-state index < -0.39 is 0 Å². The van der Waals surface area contributed by atoms with Crippen LogP contribution < -0.4 is 10.2 Å². The van der Waals surface area contributed by atoms with Gasteiger partial charge >= 0.3 is 0 Å². The Hall–Kier alpha value is -1.42. The van der Waals surface area contributed by atoms with E-state index in [1.54, 1.807) is 6.07 Å². The minimum Gasteiger partial charge on any atom is -0.360 e. The highest BCUT2D eigenvalue weighted by molar-refractivity contribution is 7.80. The van der Waals surface area contributed by atoms with Crippen molar-refractivity contribution >= 4 is 29.3 Å². The zero-order valence-electron chi connectivity index (χ0n) is 7.56. The lowest BCUT2D eigenvalue weighted by atomic mass is 10.2. The quantitative estimate of drug-likeness (QED) is 0.582. The summed E-state index contributed by atoms with van der Waals surface area (Å²) in [5.41, 5.74) is 1.57. The predicted molar refractivity (Wildman–Crippen MR) is 59.8 cm³/mol. The summed E-state index contributed by atoms with van der Waals surface area (Å²) in [6.07, 6.45) is 0.857. The number of aldehydes is 1. The maximum atomic E-state index is 10.8. The molecule has 14 heavy (non-hydrogen) atoms. The molecule has 0 amide bonds. The lowest BCUT2D eigenvalue weighted by Gasteiger charge is -2.17. The second-order valence-corrected chi connectivity index (χ2v) is 3.45. The molecule has 0 saturated carbocycles. The summed E-state index contributed by atoms with van der Waals surface area (Å²) < 4.78 is 0. The third-order valence-electron chi connectivity index (χ3n) is 2.21. The molecule has 2 rings (SSSR count). The average Bonchev–Trinajstić information content (AvgIpc) is 2.64. The van der Waals surface area contributed by atoms with E-state index in [2.05, 4.69) is 5.32 Å². The van der Waals surface area contributed by atoms with Gasteiger partial charge in [0.25, 0.3) is 0 Å². The van der Waals surface area contributed by atoms with Crippen LogP contribution in [0.5, 0.6) is 0 Å². The minimum absolute atomic E-state index is 0.679. The van der Waals surface area contributed by atoms with Crippen LogP contribution in [-0.4, -0.2) is 24.5 Å². The number of carbonyl (C=O) groups excluding carboxylic acids is 1. The van der Waals surface area contributed by atoms with Crippen molar-refractivity contribution in [2.45, 2.75) is 0 Å². The number of hydrogen-bond donors (Lipinski definition) is 1. The molecule has 4 heteroatoms. The fraction of sp³-hybridized carbons (Fsp3) is 0.200. The summed E-state index contributed by atoms with van der Waals surface area (Å²) in [7, 11) is 0. The van der Waals surface area contributed by atoms with Gasteiger partial charge in [0.05, 0.1) is 5.69 Å². The van der Waals surface area contributed by atoms with E-state index in [0.717, 1.165) is 25.1 Å². The molecule has 0 atom stereocenters. The predicted octanol–water partition coefficient (Wildman–Crippen LogP) is 1.19. The first-order chi connectivity index (χ1) is 6.83. The van der Waals surface area contributed by atoms with Crippen LogP contribution in [0.2, 0.25) is 0 Å².